The monoisotopic (exact) mass is 509 g/mol. The van der Waals surface area contributed by atoms with Crippen molar-refractivity contribution in [3.05, 3.63) is 59.7 Å². The highest BCUT2D eigenvalue weighted by atomic mass is 16.5. The predicted molar refractivity (Wildman–Crippen MR) is 139 cm³/mol. The topological polar surface area (TPSA) is 106 Å². The van der Waals surface area contributed by atoms with Gasteiger partial charge in [0.05, 0.1) is 31.9 Å². The van der Waals surface area contributed by atoms with Crippen LogP contribution in [0.5, 0.6) is 5.75 Å². The summed E-state index contributed by atoms with van der Waals surface area (Å²) < 4.78 is 17.0. The number of fused-ring (bicyclic) bond motifs is 1. The number of amides is 2. The van der Waals surface area contributed by atoms with Gasteiger partial charge in [0.15, 0.2) is 5.60 Å². The third-order valence-electron chi connectivity index (χ3n) is 6.60. The number of nitrogens with one attached hydrogen (secondary N) is 2. The molecule has 1 atom stereocenters. The van der Waals surface area contributed by atoms with E-state index in [-0.39, 0.29) is 25.0 Å². The maximum Gasteiger partial charge on any atom is 0.338 e. The number of ether oxygens (including phenoxy) is 3. The molecule has 0 saturated carbocycles. The number of morpholine rings is 1. The minimum atomic E-state index is -1.01. The van der Waals surface area contributed by atoms with Crippen molar-refractivity contribution < 1.29 is 28.6 Å². The molecule has 0 radical (unpaired) electrons. The highest BCUT2D eigenvalue weighted by molar-refractivity contribution is 5.95. The zero-order valence-corrected chi connectivity index (χ0v) is 21.3. The molecule has 2 N–H and O–H groups in total. The Bertz CT molecular complexity index is 1110. The smallest absolute Gasteiger partial charge is 0.338 e. The van der Waals surface area contributed by atoms with Crippen molar-refractivity contribution in [1.29, 1.82) is 0 Å². The van der Waals surface area contributed by atoms with Crippen molar-refractivity contribution in [2.24, 2.45) is 0 Å². The number of nitrogens with zero attached hydrogens (tertiary/aromatic N) is 1. The fraction of sp³-hybridized carbons (Fsp3) is 0.464. The SMILES string of the molecule is CCOC(=O)c1cccc(NC(=O)CN2CCOC3(CCCCc4ccccc4OCCNC3=O)C2)c1. The highest BCUT2D eigenvalue weighted by Gasteiger charge is 2.43. The molecule has 0 aromatic heterocycles. The molecule has 2 aliphatic rings. The van der Waals surface area contributed by atoms with Crippen molar-refractivity contribution in [1.82, 2.24) is 10.2 Å². The molecule has 198 valence electrons. The molecule has 2 aliphatic heterocycles. The number of anilines is 1. The number of benzene rings is 2. The minimum Gasteiger partial charge on any atom is -0.491 e. The van der Waals surface area contributed by atoms with Gasteiger partial charge in [0.25, 0.3) is 5.91 Å². The highest BCUT2D eigenvalue weighted by Crippen LogP contribution is 2.27. The Hall–Kier alpha value is -3.43. The van der Waals surface area contributed by atoms with E-state index in [1.54, 1.807) is 31.2 Å². The first-order valence-corrected chi connectivity index (χ1v) is 12.9. The second-order valence-electron chi connectivity index (χ2n) is 9.32. The zero-order valence-electron chi connectivity index (χ0n) is 21.3. The Labute approximate surface area is 217 Å². The number of aryl methyl sites for hydroxylation is 1. The molecule has 1 saturated heterocycles. The van der Waals surface area contributed by atoms with Crippen molar-refractivity contribution in [3.8, 4) is 5.75 Å². The van der Waals surface area contributed by atoms with Crippen molar-refractivity contribution in [3.63, 3.8) is 0 Å². The molecule has 37 heavy (non-hydrogen) atoms. The van der Waals surface area contributed by atoms with Crippen molar-refractivity contribution >= 4 is 23.5 Å². The summed E-state index contributed by atoms with van der Waals surface area (Å²) >= 11 is 0. The summed E-state index contributed by atoms with van der Waals surface area (Å²) in [7, 11) is 0. The first kappa shape index (κ1) is 26.6. The Balaban J connectivity index is 1.38. The lowest BCUT2D eigenvalue weighted by Crippen LogP contribution is -2.61. The molecular formula is C28H35N3O6. The van der Waals surface area contributed by atoms with Gasteiger partial charge in [-0.2, -0.15) is 0 Å². The number of hydrogen-bond acceptors (Lipinski definition) is 7. The molecule has 2 aromatic rings. The van der Waals surface area contributed by atoms with Gasteiger partial charge in [0.2, 0.25) is 5.91 Å². The van der Waals surface area contributed by atoms with Crippen molar-refractivity contribution in [2.45, 2.75) is 38.2 Å². The Morgan fingerprint density at radius 2 is 2.00 bits per heavy atom. The van der Waals surface area contributed by atoms with Crippen LogP contribution in [0.15, 0.2) is 48.5 Å². The summed E-state index contributed by atoms with van der Waals surface area (Å²) in [5.41, 5.74) is 1.04. The summed E-state index contributed by atoms with van der Waals surface area (Å²) in [6.45, 7) is 4.10. The van der Waals surface area contributed by atoms with Crippen LogP contribution < -0.4 is 15.4 Å². The second-order valence-corrected chi connectivity index (χ2v) is 9.32. The summed E-state index contributed by atoms with van der Waals surface area (Å²) in [6, 6.07) is 14.7. The van der Waals surface area contributed by atoms with Crippen molar-refractivity contribution in [2.75, 3.05) is 51.3 Å². The Morgan fingerprint density at radius 3 is 2.86 bits per heavy atom. The summed E-state index contributed by atoms with van der Waals surface area (Å²) in [6.07, 6.45) is 3.14. The van der Waals surface area contributed by atoms with Crippen LogP contribution in [0.4, 0.5) is 5.69 Å². The molecule has 2 aromatic carbocycles. The average molecular weight is 510 g/mol. The molecule has 4 rings (SSSR count). The first-order valence-electron chi connectivity index (χ1n) is 12.9. The van der Waals surface area contributed by atoms with Crippen LogP contribution in [-0.2, 0) is 25.5 Å². The predicted octanol–water partition coefficient (Wildman–Crippen LogP) is 2.79. The number of esters is 1. The summed E-state index contributed by atoms with van der Waals surface area (Å²) in [5.74, 6) is 0.0379. The zero-order chi connectivity index (χ0) is 26.1. The molecule has 2 heterocycles. The van der Waals surface area contributed by atoms with Gasteiger partial charge >= 0.3 is 5.97 Å². The normalized spacial score (nSPS) is 20.9. The van der Waals surface area contributed by atoms with E-state index in [1.807, 2.05) is 23.1 Å². The molecule has 9 nitrogen and oxygen atoms in total. The van der Waals surface area contributed by atoms with Crippen LogP contribution in [0.1, 0.15) is 42.1 Å². The quantitative estimate of drug-likeness (QED) is 0.597. The number of para-hydroxylation sites is 1. The fourth-order valence-electron chi connectivity index (χ4n) is 4.80. The Morgan fingerprint density at radius 1 is 1.14 bits per heavy atom. The van der Waals surface area contributed by atoms with Crippen LogP contribution in [0.3, 0.4) is 0 Å². The Kier molecular flexibility index (Phi) is 9.14. The lowest BCUT2D eigenvalue weighted by atomic mass is 9.91. The van der Waals surface area contributed by atoms with Crippen LogP contribution in [0, 0.1) is 0 Å². The number of rotatable bonds is 5. The van der Waals surface area contributed by atoms with Crippen LogP contribution in [0.2, 0.25) is 0 Å². The molecule has 0 bridgehead atoms. The van der Waals surface area contributed by atoms with E-state index < -0.39 is 11.6 Å². The van der Waals surface area contributed by atoms with Gasteiger partial charge in [-0.1, -0.05) is 24.3 Å². The van der Waals surface area contributed by atoms with Gasteiger partial charge in [-0.05, 0) is 62.4 Å². The molecular weight excluding hydrogens is 474 g/mol. The van der Waals surface area contributed by atoms with E-state index in [9.17, 15) is 14.4 Å². The maximum atomic E-state index is 13.3. The molecule has 1 unspecified atom stereocenters. The summed E-state index contributed by atoms with van der Waals surface area (Å²) in [5, 5.41) is 5.82. The third kappa shape index (κ3) is 7.08. The van der Waals surface area contributed by atoms with Gasteiger partial charge in [0.1, 0.15) is 12.4 Å². The van der Waals surface area contributed by atoms with Gasteiger partial charge in [-0.15, -0.1) is 0 Å². The number of carbonyl (C=O) groups is 3. The van der Waals surface area contributed by atoms with Crippen LogP contribution >= 0.6 is 0 Å². The standard InChI is InChI=1S/C28H35N3O6/c1-2-35-26(33)22-10-7-11-23(18-22)30-25(32)19-31-15-17-37-28(20-31)13-6-5-9-21-8-3-4-12-24(21)36-16-14-29-27(28)34/h3-4,7-8,10-12,18H,2,5-6,9,13-17,19-20H2,1H3,(H,29,34)(H,30,32). The van der Waals surface area contributed by atoms with E-state index in [0.717, 1.165) is 25.0 Å². The fourth-order valence-corrected chi connectivity index (χ4v) is 4.80. The first-order chi connectivity index (χ1) is 18.0. The number of hydrogen-bond donors (Lipinski definition) is 2. The largest absolute Gasteiger partial charge is 0.491 e. The summed E-state index contributed by atoms with van der Waals surface area (Å²) in [4.78, 5) is 40.1. The third-order valence-corrected chi connectivity index (χ3v) is 6.60. The van der Waals surface area contributed by atoms with Gasteiger partial charge in [-0.3, -0.25) is 14.5 Å². The minimum absolute atomic E-state index is 0.110. The van der Waals surface area contributed by atoms with E-state index in [4.69, 9.17) is 14.2 Å². The van der Waals surface area contributed by atoms with E-state index >= 15 is 0 Å². The lowest BCUT2D eigenvalue weighted by molar-refractivity contribution is -0.163. The van der Waals surface area contributed by atoms with Gasteiger partial charge in [0, 0.05) is 18.8 Å². The molecule has 1 spiro atoms. The second kappa shape index (κ2) is 12.7. The molecule has 2 amide bonds. The molecule has 1 fully saturated rings. The van der Waals surface area contributed by atoms with Crippen LogP contribution in [-0.4, -0.2) is 74.3 Å². The lowest BCUT2D eigenvalue weighted by Gasteiger charge is -2.41. The van der Waals surface area contributed by atoms with Gasteiger partial charge < -0.3 is 24.8 Å². The van der Waals surface area contributed by atoms with E-state index in [1.165, 1.54) is 5.56 Å². The molecule has 0 aliphatic carbocycles. The maximum absolute atomic E-state index is 13.3. The molecule has 9 heteroatoms. The van der Waals surface area contributed by atoms with E-state index in [0.29, 0.717) is 50.5 Å². The number of carbonyl (C=O) groups excluding carboxylic acids is 3. The van der Waals surface area contributed by atoms with E-state index in [2.05, 4.69) is 16.7 Å². The van der Waals surface area contributed by atoms with Crippen LogP contribution in [0.25, 0.3) is 0 Å². The van der Waals surface area contributed by atoms with Gasteiger partial charge in [-0.25, -0.2) is 4.79 Å². The average Bonchev–Trinajstić information content (AvgIpc) is 2.89.